The number of guanidine groups is 1. The minimum Gasteiger partial charge on any atom is -0.382 e. The predicted molar refractivity (Wildman–Crippen MR) is 85.2 cm³/mol. The van der Waals surface area contributed by atoms with E-state index in [1.165, 1.54) is 25.7 Å². The molecule has 0 saturated heterocycles. The smallest absolute Gasteiger partial charge is 0.220 e. The summed E-state index contributed by atoms with van der Waals surface area (Å²) in [5, 5.41) is 5.91. The molecule has 6 heteroatoms. The van der Waals surface area contributed by atoms with Crippen LogP contribution in [0.4, 0.5) is 0 Å². The molecule has 122 valence electrons. The monoisotopic (exact) mass is 298 g/mol. The van der Waals surface area contributed by atoms with E-state index in [-0.39, 0.29) is 5.91 Å². The Balaban J connectivity index is 1.96. The highest BCUT2D eigenvalue weighted by Crippen LogP contribution is 2.27. The molecule has 0 aliphatic heterocycles. The number of hydrogen-bond acceptors (Lipinski definition) is 3. The van der Waals surface area contributed by atoms with E-state index in [4.69, 9.17) is 10.5 Å². The zero-order chi connectivity index (χ0) is 15.3. The molecule has 4 N–H and O–H groups in total. The van der Waals surface area contributed by atoms with Gasteiger partial charge in [0.05, 0.1) is 0 Å². The fourth-order valence-electron chi connectivity index (χ4n) is 2.51. The molecule has 6 nitrogen and oxygen atoms in total. The predicted octanol–water partition coefficient (Wildman–Crippen LogP) is 1.01. The molecule has 0 aromatic heterocycles. The number of nitrogens with two attached hydrogens (primary N) is 1. The summed E-state index contributed by atoms with van der Waals surface area (Å²) in [7, 11) is 0. The van der Waals surface area contributed by atoms with Crippen LogP contribution in [0.5, 0.6) is 0 Å². The summed E-state index contributed by atoms with van der Waals surface area (Å²) < 4.78 is 5.22. The van der Waals surface area contributed by atoms with Crippen molar-refractivity contribution in [3.8, 4) is 0 Å². The van der Waals surface area contributed by atoms with E-state index in [0.29, 0.717) is 44.5 Å². The van der Waals surface area contributed by atoms with Gasteiger partial charge >= 0.3 is 0 Å². The molecule has 1 aliphatic carbocycles. The first-order valence-corrected chi connectivity index (χ1v) is 8.10. The zero-order valence-corrected chi connectivity index (χ0v) is 13.2. The standard InChI is InChI=1S/C15H30N4O2/c1-2-21-11-5-8-18-15(16)19-10-9-17-14(20)12-13-6-3-4-7-13/h13H,2-12H2,1H3,(H,17,20)(H3,16,18,19). The van der Waals surface area contributed by atoms with Gasteiger partial charge in [-0.3, -0.25) is 9.79 Å². The van der Waals surface area contributed by atoms with Crippen molar-refractivity contribution >= 4 is 11.9 Å². The first kappa shape index (κ1) is 17.8. The molecule has 0 aromatic rings. The van der Waals surface area contributed by atoms with Gasteiger partial charge in [-0.1, -0.05) is 12.8 Å². The number of carbonyl (C=O) groups is 1. The Morgan fingerprint density at radius 3 is 2.71 bits per heavy atom. The second-order valence-electron chi connectivity index (χ2n) is 5.45. The highest BCUT2D eigenvalue weighted by Gasteiger charge is 2.17. The topological polar surface area (TPSA) is 88.7 Å². The molecule has 0 atom stereocenters. The molecule has 1 amide bonds. The fraction of sp³-hybridized carbons (Fsp3) is 0.867. The van der Waals surface area contributed by atoms with Crippen molar-refractivity contribution in [3.05, 3.63) is 0 Å². The quantitative estimate of drug-likeness (QED) is 0.319. The van der Waals surface area contributed by atoms with Gasteiger partial charge < -0.3 is 21.1 Å². The minimum atomic E-state index is 0.149. The largest absolute Gasteiger partial charge is 0.382 e. The lowest BCUT2D eigenvalue weighted by Crippen LogP contribution is -2.38. The first-order chi connectivity index (χ1) is 10.2. The summed E-state index contributed by atoms with van der Waals surface area (Å²) in [6, 6.07) is 0. The number of hydrogen-bond donors (Lipinski definition) is 3. The van der Waals surface area contributed by atoms with E-state index in [1.807, 2.05) is 6.92 Å². The van der Waals surface area contributed by atoms with Gasteiger partial charge in [-0.25, -0.2) is 0 Å². The van der Waals surface area contributed by atoms with Crippen LogP contribution in [0.25, 0.3) is 0 Å². The molecule has 0 heterocycles. The third-order valence-electron chi connectivity index (χ3n) is 3.64. The van der Waals surface area contributed by atoms with Crippen molar-refractivity contribution in [1.82, 2.24) is 10.6 Å². The number of nitrogens with one attached hydrogen (secondary N) is 2. The van der Waals surface area contributed by atoms with Crippen LogP contribution in [-0.2, 0) is 9.53 Å². The zero-order valence-electron chi connectivity index (χ0n) is 13.2. The first-order valence-electron chi connectivity index (χ1n) is 8.10. The summed E-state index contributed by atoms with van der Waals surface area (Å²) in [4.78, 5) is 15.9. The summed E-state index contributed by atoms with van der Waals surface area (Å²) in [6.45, 7) is 5.27. The van der Waals surface area contributed by atoms with E-state index in [2.05, 4.69) is 15.6 Å². The Kier molecular flexibility index (Phi) is 9.61. The van der Waals surface area contributed by atoms with Gasteiger partial charge in [-0.2, -0.15) is 0 Å². The van der Waals surface area contributed by atoms with Crippen LogP contribution in [0, 0.1) is 5.92 Å². The van der Waals surface area contributed by atoms with Crippen molar-refractivity contribution in [2.75, 3.05) is 32.8 Å². The van der Waals surface area contributed by atoms with Crippen molar-refractivity contribution in [2.24, 2.45) is 16.6 Å². The Hall–Kier alpha value is -1.30. The molecule has 0 bridgehead atoms. The van der Waals surface area contributed by atoms with Gasteiger partial charge in [-0.15, -0.1) is 0 Å². The van der Waals surface area contributed by atoms with Crippen LogP contribution in [0.2, 0.25) is 0 Å². The van der Waals surface area contributed by atoms with Gasteiger partial charge in [-0.05, 0) is 32.1 Å². The Morgan fingerprint density at radius 2 is 2.00 bits per heavy atom. The lowest BCUT2D eigenvalue weighted by molar-refractivity contribution is -0.121. The van der Waals surface area contributed by atoms with Crippen LogP contribution >= 0.6 is 0 Å². The van der Waals surface area contributed by atoms with E-state index in [1.54, 1.807) is 0 Å². The van der Waals surface area contributed by atoms with Gasteiger partial charge in [0.15, 0.2) is 5.96 Å². The average Bonchev–Trinajstić information content (AvgIpc) is 2.96. The molecule has 0 aromatic carbocycles. The van der Waals surface area contributed by atoms with Gasteiger partial charge in [0.2, 0.25) is 5.91 Å². The third kappa shape index (κ3) is 9.28. The van der Waals surface area contributed by atoms with Crippen molar-refractivity contribution in [3.63, 3.8) is 0 Å². The van der Waals surface area contributed by atoms with Gasteiger partial charge in [0.1, 0.15) is 0 Å². The minimum absolute atomic E-state index is 0.149. The molecule has 1 fully saturated rings. The summed E-state index contributed by atoms with van der Waals surface area (Å²) in [6.07, 6.45) is 6.49. The van der Waals surface area contributed by atoms with Crippen LogP contribution in [-0.4, -0.2) is 44.7 Å². The maximum Gasteiger partial charge on any atom is 0.220 e. The lowest BCUT2D eigenvalue weighted by Gasteiger charge is -2.10. The molecule has 1 rings (SSSR count). The second-order valence-corrected chi connectivity index (χ2v) is 5.45. The molecule has 0 radical (unpaired) electrons. The number of rotatable bonds is 10. The Bertz CT molecular complexity index is 315. The second kappa shape index (κ2) is 11.4. The SMILES string of the molecule is CCOCCCN=C(N)NCCNC(=O)CC1CCCC1. The fourth-order valence-corrected chi connectivity index (χ4v) is 2.51. The normalized spacial score (nSPS) is 16.1. The number of nitrogens with zero attached hydrogens (tertiary/aromatic N) is 1. The summed E-state index contributed by atoms with van der Waals surface area (Å²) >= 11 is 0. The van der Waals surface area contributed by atoms with E-state index < -0.39 is 0 Å². The third-order valence-corrected chi connectivity index (χ3v) is 3.64. The highest BCUT2D eigenvalue weighted by molar-refractivity contribution is 5.78. The molecule has 1 aliphatic rings. The summed E-state index contributed by atoms with van der Waals surface area (Å²) in [5.74, 6) is 1.17. The number of ether oxygens (including phenoxy) is 1. The summed E-state index contributed by atoms with van der Waals surface area (Å²) in [5.41, 5.74) is 5.72. The number of aliphatic imine (C=N–C) groups is 1. The molecular weight excluding hydrogens is 268 g/mol. The van der Waals surface area contributed by atoms with Crippen LogP contribution in [0.1, 0.15) is 45.4 Å². The average molecular weight is 298 g/mol. The molecule has 1 saturated carbocycles. The van der Waals surface area contributed by atoms with Crippen molar-refractivity contribution < 1.29 is 9.53 Å². The van der Waals surface area contributed by atoms with Gasteiger partial charge in [0.25, 0.3) is 0 Å². The molecule has 0 spiro atoms. The molecule has 0 unspecified atom stereocenters. The van der Waals surface area contributed by atoms with Crippen LogP contribution in [0.15, 0.2) is 4.99 Å². The van der Waals surface area contributed by atoms with E-state index >= 15 is 0 Å². The number of carbonyl (C=O) groups excluding carboxylic acids is 1. The highest BCUT2D eigenvalue weighted by atomic mass is 16.5. The van der Waals surface area contributed by atoms with E-state index in [0.717, 1.165) is 13.0 Å². The Morgan fingerprint density at radius 1 is 1.29 bits per heavy atom. The van der Waals surface area contributed by atoms with E-state index in [9.17, 15) is 4.79 Å². The maximum atomic E-state index is 11.7. The van der Waals surface area contributed by atoms with Gasteiger partial charge in [0, 0.05) is 39.3 Å². The Labute approximate surface area is 127 Å². The van der Waals surface area contributed by atoms with Crippen LogP contribution in [0.3, 0.4) is 0 Å². The molecule has 21 heavy (non-hydrogen) atoms. The maximum absolute atomic E-state index is 11.7. The number of amides is 1. The van der Waals surface area contributed by atoms with Crippen LogP contribution < -0.4 is 16.4 Å². The lowest BCUT2D eigenvalue weighted by atomic mass is 10.0. The van der Waals surface area contributed by atoms with Crippen molar-refractivity contribution in [1.29, 1.82) is 0 Å². The van der Waals surface area contributed by atoms with Crippen molar-refractivity contribution in [2.45, 2.75) is 45.4 Å². The molecular formula is C15H30N4O2.